The Labute approximate surface area is 159 Å². The van der Waals surface area contributed by atoms with E-state index in [0.717, 1.165) is 30.1 Å². The molecule has 0 saturated heterocycles. The van der Waals surface area contributed by atoms with Gasteiger partial charge < -0.3 is 16.2 Å². The van der Waals surface area contributed by atoms with Gasteiger partial charge in [0.2, 0.25) is 0 Å². The Morgan fingerprint density at radius 2 is 1.85 bits per heavy atom. The number of benzene rings is 1. The second-order valence-corrected chi connectivity index (χ2v) is 7.97. The third-order valence-corrected chi connectivity index (χ3v) is 5.82. The Kier molecular flexibility index (Phi) is 4.40. The molecule has 1 unspecified atom stereocenters. The zero-order chi connectivity index (χ0) is 19.2. The molecule has 0 spiro atoms. The molecule has 142 valence electrons. The van der Waals surface area contributed by atoms with Crippen molar-refractivity contribution in [2.24, 2.45) is 17.4 Å². The molecule has 0 aliphatic heterocycles. The molecule has 1 aromatic carbocycles. The van der Waals surface area contributed by atoms with E-state index in [1.54, 1.807) is 0 Å². The van der Waals surface area contributed by atoms with E-state index in [2.05, 4.69) is 36.2 Å². The Morgan fingerprint density at radius 3 is 2.59 bits per heavy atom. The van der Waals surface area contributed by atoms with Gasteiger partial charge in [-0.2, -0.15) is 0 Å². The lowest BCUT2D eigenvalue weighted by Crippen LogP contribution is -2.40. The smallest absolute Gasteiger partial charge is 0.161 e. The maximum atomic E-state index is 6.53. The van der Waals surface area contributed by atoms with Crippen LogP contribution in [0.25, 0.3) is 5.65 Å². The summed E-state index contributed by atoms with van der Waals surface area (Å²) in [7, 11) is 0. The Balaban J connectivity index is 1.69. The van der Waals surface area contributed by atoms with Gasteiger partial charge in [-0.25, -0.2) is 0 Å². The molecule has 1 aliphatic rings. The van der Waals surface area contributed by atoms with Crippen LogP contribution in [0.15, 0.2) is 42.6 Å². The second-order valence-electron chi connectivity index (χ2n) is 7.97. The van der Waals surface area contributed by atoms with Crippen molar-refractivity contribution in [3.63, 3.8) is 0 Å². The molecule has 3 atom stereocenters. The molecule has 0 bridgehead atoms. The lowest BCUT2D eigenvalue weighted by Gasteiger charge is -2.30. The number of hydrogen-bond acceptors (Lipinski definition) is 5. The topological polar surface area (TPSA) is 91.5 Å². The van der Waals surface area contributed by atoms with Gasteiger partial charge in [-0.3, -0.25) is 4.40 Å². The van der Waals surface area contributed by atoms with Crippen molar-refractivity contribution in [2.75, 3.05) is 0 Å². The average molecular weight is 365 g/mol. The first-order valence-corrected chi connectivity index (χ1v) is 9.53. The maximum Gasteiger partial charge on any atom is 0.161 e. The van der Waals surface area contributed by atoms with E-state index >= 15 is 0 Å². The molecule has 27 heavy (non-hydrogen) atoms. The minimum Gasteiger partial charge on any atom is -0.484 e. The first kappa shape index (κ1) is 17.9. The van der Waals surface area contributed by atoms with Crippen molar-refractivity contribution in [1.82, 2.24) is 14.6 Å². The summed E-state index contributed by atoms with van der Waals surface area (Å²) >= 11 is 0. The van der Waals surface area contributed by atoms with E-state index in [1.165, 1.54) is 11.1 Å². The van der Waals surface area contributed by atoms with Gasteiger partial charge in [-0.15, -0.1) is 10.2 Å². The van der Waals surface area contributed by atoms with Gasteiger partial charge in [-0.05, 0) is 48.9 Å². The number of aromatic nitrogens is 3. The van der Waals surface area contributed by atoms with E-state index in [-0.39, 0.29) is 18.1 Å². The number of hydrogen-bond donors (Lipinski definition) is 2. The molecule has 6 heteroatoms. The van der Waals surface area contributed by atoms with Crippen molar-refractivity contribution in [3.8, 4) is 5.75 Å². The van der Waals surface area contributed by atoms with Gasteiger partial charge in [0, 0.05) is 6.04 Å². The van der Waals surface area contributed by atoms with Crippen LogP contribution in [-0.4, -0.2) is 14.6 Å². The van der Waals surface area contributed by atoms with Crippen LogP contribution in [0.4, 0.5) is 0 Å². The van der Waals surface area contributed by atoms with Crippen LogP contribution in [-0.2, 0) is 5.54 Å². The molecule has 0 saturated carbocycles. The molecular weight excluding hydrogens is 338 g/mol. The SMILES string of the molecule is CC(C)C(C)(N)c1nnc2ccc(O[C@@H]3CC[C@H](N)c4ccccc43)cn12. The first-order chi connectivity index (χ1) is 12.9. The van der Waals surface area contributed by atoms with Gasteiger partial charge in [0.1, 0.15) is 11.9 Å². The third kappa shape index (κ3) is 3.09. The molecule has 2 heterocycles. The summed E-state index contributed by atoms with van der Waals surface area (Å²) in [5.74, 6) is 1.74. The van der Waals surface area contributed by atoms with Crippen molar-refractivity contribution in [3.05, 3.63) is 59.5 Å². The summed E-state index contributed by atoms with van der Waals surface area (Å²) < 4.78 is 8.30. The summed E-state index contributed by atoms with van der Waals surface area (Å²) in [4.78, 5) is 0. The number of rotatable bonds is 4. The highest BCUT2D eigenvalue weighted by Crippen LogP contribution is 2.37. The summed E-state index contributed by atoms with van der Waals surface area (Å²) in [6.07, 6.45) is 3.74. The van der Waals surface area contributed by atoms with Gasteiger partial charge >= 0.3 is 0 Å². The zero-order valence-electron chi connectivity index (χ0n) is 16.1. The van der Waals surface area contributed by atoms with Crippen molar-refractivity contribution < 1.29 is 4.74 Å². The molecule has 6 nitrogen and oxygen atoms in total. The van der Waals surface area contributed by atoms with Gasteiger partial charge in [0.05, 0.1) is 11.7 Å². The predicted octanol–water partition coefficient (Wildman–Crippen LogP) is 3.47. The molecule has 4 N–H and O–H groups in total. The Bertz CT molecular complexity index is 962. The molecule has 0 amide bonds. The highest BCUT2D eigenvalue weighted by Gasteiger charge is 2.31. The Morgan fingerprint density at radius 1 is 1.11 bits per heavy atom. The molecule has 0 radical (unpaired) electrons. The number of fused-ring (bicyclic) bond motifs is 2. The molecular formula is C21H27N5O. The predicted molar refractivity (Wildman–Crippen MR) is 105 cm³/mol. The summed E-state index contributed by atoms with van der Waals surface area (Å²) in [5.41, 5.74) is 15.3. The normalized spacial score (nSPS) is 21.9. The minimum absolute atomic E-state index is 0.00672. The van der Waals surface area contributed by atoms with E-state index in [0.29, 0.717) is 0 Å². The van der Waals surface area contributed by atoms with Crippen molar-refractivity contribution in [1.29, 1.82) is 0 Å². The van der Waals surface area contributed by atoms with E-state index in [1.807, 2.05) is 41.8 Å². The number of pyridine rings is 1. The highest BCUT2D eigenvalue weighted by molar-refractivity contribution is 5.43. The highest BCUT2D eigenvalue weighted by atomic mass is 16.5. The van der Waals surface area contributed by atoms with Gasteiger partial charge in [0.15, 0.2) is 11.5 Å². The molecule has 4 rings (SSSR count). The summed E-state index contributed by atoms with van der Waals surface area (Å²) in [5, 5.41) is 8.60. The molecule has 3 aromatic rings. The van der Waals surface area contributed by atoms with Crippen LogP contribution in [0.2, 0.25) is 0 Å². The zero-order valence-corrected chi connectivity index (χ0v) is 16.1. The van der Waals surface area contributed by atoms with Crippen LogP contribution < -0.4 is 16.2 Å². The fourth-order valence-electron chi connectivity index (χ4n) is 3.64. The fraction of sp³-hybridized carbons (Fsp3) is 0.429. The molecule has 0 fully saturated rings. The van der Waals surface area contributed by atoms with Crippen LogP contribution in [0.5, 0.6) is 5.75 Å². The maximum absolute atomic E-state index is 6.53. The van der Waals surface area contributed by atoms with E-state index in [4.69, 9.17) is 16.2 Å². The minimum atomic E-state index is -0.581. The van der Waals surface area contributed by atoms with Crippen LogP contribution >= 0.6 is 0 Å². The fourth-order valence-corrected chi connectivity index (χ4v) is 3.64. The lowest BCUT2D eigenvalue weighted by molar-refractivity contribution is 0.176. The third-order valence-electron chi connectivity index (χ3n) is 5.82. The lowest BCUT2D eigenvalue weighted by atomic mass is 9.86. The monoisotopic (exact) mass is 365 g/mol. The Hall–Kier alpha value is -2.44. The molecule has 2 aromatic heterocycles. The van der Waals surface area contributed by atoms with Crippen molar-refractivity contribution >= 4 is 5.65 Å². The number of ether oxygens (including phenoxy) is 1. The standard InChI is InChI=1S/C21H27N5O/c1-13(2)21(3,23)20-25-24-19-11-8-14(12-26(19)20)27-18-10-9-17(22)15-6-4-5-7-16(15)18/h4-8,11-13,17-18H,9-10,22-23H2,1-3H3/t17-,18+,21?/m0/s1. The van der Waals surface area contributed by atoms with Crippen LogP contribution in [0, 0.1) is 5.92 Å². The van der Waals surface area contributed by atoms with Gasteiger partial charge in [-0.1, -0.05) is 38.1 Å². The van der Waals surface area contributed by atoms with Gasteiger partial charge in [0.25, 0.3) is 0 Å². The second kappa shape index (κ2) is 6.62. The largest absolute Gasteiger partial charge is 0.484 e. The first-order valence-electron chi connectivity index (χ1n) is 9.53. The van der Waals surface area contributed by atoms with E-state index < -0.39 is 5.54 Å². The van der Waals surface area contributed by atoms with Crippen LogP contribution in [0.1, 0.15) is 62.7 Å². The number of nitrogens with zero attached hydrogens (tertiary/aromatic N) is 3. The van der Waals surface area contributed by atoms with Crippen LogP contribution in [0.3, 0.4) is 0 Å². The van der Waals surface area contributed by atoms with Crippen molar-refractivity contribution in [2.45, 2.75) is 51.3 Å². The number of nitrogens with two attached hydrogens (primary N) is 2. The quantitative estimate of drug-likeness (QED) is 0.738. The molecule has 1 aliphatic carbocycles. The van der Waals surface area contributed by atoms with E-state index in [9.17, 15) is 0 Å². The average Bonchev–Trinajstić information content (AvgIpc) is 3.08. The summed E-state index contributed by atoms with van der Waals surface area (Å²) in [6, 6.07) is 12.2. The summed E-state index contributed by atoms with van der Waals surface area (Å²) in [6.45, 7) is 6.16.